The lowest BCUT2D eigenvalue weighted by molar-refractivity contribution is 1.18. The summed E-state index contributed by atoms with van der Waals surface area (Å²) < 4.78 is 4.78. The molecule has 0 N–H and O–H groups in total. The van der Waals surface area contributed by atoms with Gasteiger partial charge in [0.15, 0.2) is 0 Å². The van der Waals surface area contributed by atoms with Crippen molar-refractivity contribution < 1.29 is 0 Å². The average molecular weight is 762 g/mol. The maximum absolute atomic E-state index is 5.18. The molecular weight excluding hydrogens is 727 g/mol. The summed E-state index contributed by atoms with van der Waals surface area (Å²) in [6.45, 7) is 0. The number of benzene rings is 9. The molecule has 1 aliphatic rings. The van der Waals surface area contributed by atoms with Gasteiger partial charge in [-0.2, -0.15) is 0 Å². The van der Waals surface area contributed by atoms with Crippen LogP contribution in [0, 0.1) is 0 Å². The van der Waals surface area contributed by atoms with E-state index in [1.54, 1.807) is 0 Å². The Balaban J connectivity index is 0.934. The number of rotatable bonds is 5. The minimum atomic E-state index is 0.995. The lowest BCUT2D eigenvalue weighted by atomic mass is 9.98. The van der Waals surface area contributed by atoms with Crippen molar-refractivity contribution in [3.8, 4) is 67.1 Å². The second-order valence-electron chi connectivity index (χ2n) is 15.9. The van der Waals surface area contributed by atoms with Crippen molar-refractivity contribution in [2.45, 2.75) is 0 Å². The first-order valence-corrected chi connectivity index (χ1v) is 20.6. The predicted molar refractivity (Wildman–Crippen MR) is 251 cm³/mol. The topological polar surface area (TPSA) is 22.8 Å². The first-order valence-electron chi connectivity index (χ1n) is 20.6. The summed E-state index contributed by atoms with van der Waals surface area (Å²) in [6.07, 6.45) is 0. The highest BCUT2D eigenvalue weighted by Gasteiger charge is 2.23. The van der Waals surface area contributed by atoms with Gasteiger partial charge in [-0.15, -0.1) is 0 Å². The van der Waals surface area contributed by atoms with Gasteiger partial charge in [-0.3, -0.25) is 0 Å². The van der Waals surface area contributed by atoms with Crippen LogP contribution in [0.25, 0.3) is 122 Å². The minimum Gasteiger partial charge on any atom is -0.309 e. The van der Waals surface area contributed by atoms with E-state index in [9.17, 15) is 0 Å². The summed E-state index contributed by atoms with van der Waals surface area (Å²) in [5.41, 5.74) is 20.1. The molecule has 0 unspecified atom stereocenters. The number of hydrogen-bond acceptors (Lipinski definition) is 1. The zero-order valence-electron chi connectivity index (χ0n) is 32.5. The molecule has 1 aliphatic carbocycles. The lowest BCUT2D eigenvalue weighted by Gasteiger charge is -2.09. The Morgan fingerprint density at radius 3 is 1.35 bits per heavy atom. The molecule has 13 rings (SSSR count). The highest BCUT2D eigenvalue weighted by atomic mass is 15.0. The fourth-order valence-corrected chi connectivity index (χ4v) is 9.90. The number of pyridine rings is 1. The Bertz CT molecular complexity index is 3690. The van der Waals surface area contributed by atoms with Crippen molar-refractivity contribution in [3.05, 3.63) is 212 Å². The third-order valence-corrected chi connectivity index (χ3v) is 12.7. The van der Waals surface area contributed by atoms with Crippen molar-refractivity contribution in [2.24, 2.45) is 0 Å². The Kier molecular flexibility index (Phi) is 7.01. The molecular formula is C57H35N3. The minimum absolute atomic E-state index is 0.995. The van der Waals surface area contributed by atoms with E-state index >= 15 is 0 Å². The molecule has 60 heavy (non-hydrogen) atoms. The van der Waals surface area contributed by atoms with Gasteiger partial charge in [0.05, 0.1) is 33.3 Å². The predicted octanol–water partition coefficient (Wildman–Crippen LogP) is 15.1. The second-order valence-corrected chi connectivity index (χ2v) is 15.9. The average Bonchev–Trinajstić information content (AvgIpc) is 3.95. The molecule has 0 atom stereocenters. The first-order chi connectivity index (χ1) is 29.7. The molecule has 0 amide bonds. The van der Waals surface area contributed by atoms with Crippen molar-refractivity contribution in [1.82, 2.24) is 14.1 Å². The highest BCUT2D eigenvalue weighted by Crippen LogP contribution is 2.48. The van der Waals surface area contributed by atoms with E-state index in [1.165, 1.54) is 99.2 Å². The van der Waals surface area contributed by atoms with E-state index in [4.69, 9.17) is 4.98 Å². The monoisotopic (exact) mass is 761 g/mol. The molecule has 3 nitrogen and oxygen atoms in total. The number of hydrogen-bond donors (Lipinski definition) is 0. The summed E-state index contributed by atoms with van der Waals surface area (Å²) in [6, 6.07) is 77.4. The van der Waals surface area contributed by atoms with Gasteiger partial charge in [-0.25, -0.2) is 4.98 Å². The van der Waals surface area contributed by atoms with Gasteiger partial charge in [0.1, 0.15) is 0 Å². The standard InChI is InChI=1S/C57H35N3/c1-3-12-41(13-4-1)59-53-21-10-9-18-45(53)47-33-39(27-30-54(47)59)40-28-31-56-49(34-40)48-32-38(26-29-55(48)60(56)42-14-5-2-6-15-42)36-22-24-37(25-23-36)52-35-50-44-17-8-7-16-43(44)46-19-11-20-51(58-52)57(46)50/h1-35H. The second kappa shape index (κ2) is 12.7. The fraction of sp³-hybridized carbons (Fsp3) is 0. The Labute approximate surface area is 346 Å². The summed E-state index contributed by atoms with van der Waals surface area (Å²) in [5.74, 6) is 0. The molecule has 0 aliphatic heterocycles. The van der Waals surface area contributed by atoms with Crippen LogP contribution in [0.15, 0.2) is 212 Å². The molecule has 278 valence electrons. The lowest BCUT2D eigenvalue weighted by Crippen LogP contribution is -1.93. The van der Waals surface area contributed by atoms with Crippen LogP contribution >= 0.6 is 0 Å². The third kappa shape index (κ3) is 4.87. The van der Waals surface area contributed by atoms with Crippen molar-refractivity contribution >= 4 is 54.5 Å². The zero-order valence-corrected chi connectivity index (χ0v) is 32.5. The molecule has 0 saturated heterocycles. The van der Waals surface area contributed by atoms with Gasteiger partial charge >= 0.3 is 0 Å². The van der Waals surface area contributed by atoms with E-state index in [0.29, 0.717) is 0 Å². The molecule has 3 heterocycles. The molecule has 0 fully saturated rings. The number of nitrogens with zero attached hydrogens (tertiary/aromatic N) is 3. The molecule has 3 aromatic heterocycles. The van der Waals surface area contributed by atoms with Gasteiger partial charge in [0.2, 0.25) is 0 Å². The summed E-state index contributed by atoms with van der Waals surface area (Å²) in [4.78, 5) is 5.18. The fourth-order valence-electron chi connectivity index (χ4n) is 9.90. The maximum Gasteiger partial charge on any atom is 0.0722 e. The smallest absolute Gasteiger partial charge is 0.0722 e. The van der Waals surface area contributed by atoms with Crippen molar-refractivity contribution in [1.29, 1.82) is 0 Å². The van der Waals surface area contributed by atoms with Crippen LogP contribution in [0.4, 0.5) is 0 Å². The number of para-hydroxylation sites is 3. The SMILES string of the molecule is c1ccc(-n2c3ccccc3c3cc(-c4ccc5c(c4)c4cc(-c6ccc(-c7cc8c9c(cccc9n7)-c7ccccc7-8)cc6)ccc4n5-c4ccccc4)ccc32)cc1. The highest BCUT2D eigenvalue weighted by molar-refractivity contribution is 6.16. The van der Waals surface area contributed by atoms with Gasteiger partial charge in [-0.1, -0.05) is 133 Å². The maximum atomic E-state index is 5.18. The Hall–Kier alpha value is -8.01. The molecule has 9 aromatic carbocycles. The largest absolute Gasteiger partial charge is 0.309 e. The van der Waals surface area contributed by atoms with E-state index in [-0.39, 0.29) is 0 Å². The van der Waals surface area contributed by atoms with Crippen molar-refractivity contribution in [3.63, 3.8) is 0 Å². The van der Waals surface area contributed by atoms with Gasteiger partial charge in [-0.05, 0) is 123 Å². The molecule has 12 aromatic rings. The van der Waals surface area contributed by atoms with Crippen LogP contribution in [-0.2, 0) is 0 Å². The molecule has 0 spiro atoms. The van der Waals surface area contributed by atoms with E-state index in [0.717, 1.165) is 22.5 Å². The molecule has 0 saturated carbocycles. The van der Waals surface area contributed by atoms with Crippen LogP contribution in [0.5, 0.6) is 0 Å². The summed E-state index contributed by atoms with van der Waals surface area (Å²) in [5, 5.41) is 6.22. The normalized spacial score (nSPS) is 12.0. The zero-order chi connectivity index (χ0) is 39.3. The van der Waals surface area contributed by atoms with E-state index in [1.807, 2.05) is 0 Å². The molecule has 0 bridgehead atoms. The summed E-state index contributed by atoms with van der Waals surface area (Å²) in [7, 11) is 0. The van der Waals surface area contributed by atoms with Gasteiger partial charge < -0.3 is 9.13 Å². The van der Waals surface area contributed by atoms with Gasteiger partial charge in [0.25, 0.3) is 0 Å². The van der Waals surface area contributed by atoms with E-state index in [2.05, 4.69) is 221 Å². The Morgan fingerprint density at radius 1 is 0.283 bits per heavy atom. The van der Waals surface area contributed by atoms with Crippen molar-refractivity contribution in [2.75, 3.05) is 0 Å². The first kappa shape index (κ1) is 33.0. The van der Waals surface area contributed by atoms with E-state index < -0.39 is 0 Å². The quantitative estimate of drug-likeness (QED) is 0.171. The molecule has 0 radical (unpaired) electrons. The van der Waals surface area contributed by atoms with Crippen LogP contribution in [0.3, 0.4) is 0 Å². The molecule has 3 heteroatoms. The van der Waals surface area contributed by atoms with Crippen LogP contribution in [-0.4, -0.2) is 14.1 Å². The summed E-state index contributed by atoms with van der Waals surface area (Å²) >= 11 is 0. The van der Waals surface area contributed by atoms with Gasteiger partial charge in [0, 0.05) is 43.9 Å². The number of aromatic nitrogens is 3. The van der Waals surface area contributed by atoms with Crippen LogP contribution < -0.4 is 0 Å². The third-order valence-electron chi connectivity index (χ3n) is 12.7. The number of fused-ring (bicyclic) bond motifs is 9. The van der Waals surface area contributed by atoms with Crippen LogP contribution in [0.1, 0.15) is 0 Å². The Morgan fingerprint density at radius 2 is 0.733 bits per heavy atom. The van der Waals surface area contributed by atoms with Crippen LogP contribution in [0.2, 0.25) is 0 Å².